The summed E-state index contributed by atoms with van der Waals surface area (Å²) in [5, 5.41) is 3.28. The molecule has 1 aliphatic heterocycles. The zero-order valence-corrected chi connectivity index (χ0v) is 20.3. The summed E-state index contributed by atoms with van der Waals surface area (Å²) in [4.78, 5) is 28.6. The SMILES string of the molecule is Cc1ccc(NC2=C(c3ccc(OCC(C)C)cc3)C(=O)N(c3ccccc3C)C2=O)c(C)c1. The van der Waals surface area contributed by atoms with Gasteiger partial charge in [0.2, 0.25) is 0 Å². The average molecular weight is 455 g/mol. The van der Waals surface area contributed by atoms with Crippen LogP contribution < -0.4 is 15.0 Å². The predicted octanol–water partition coefficient (Wildman–Crippen LogP) is 6.04. The molecular formula is C29H30N2O3. The fourth-order valence-corrected chi connectivity index (χ4v) is 4.02. The van der Waals surface area contributed by atoms with Gasteiger partial charge in [-0.05, 0) is 67.6 Å². The molecule has 174 valence electrons. The first-order valence-corrected chi connectivity index (χ1v) is 11.5. The third-order valence-corrected chi connectivity index (χ3v) is 5.81. The number of hydrogen-bond acceptors (Lipinski definition) is 4. The smallest absolute Gasteiger partial charge is 0.282 e. The molecule has 1 N–H and O–H groups in total. The van der Waals surface area contributed by atoms with Crippen molar-refractivity contribution in [1.29, 1.82) is 0 Å². The maximum atomic E-state index is 13.7. The van der Waals surface area contributed by atoms with Crippen molar-refractivity contribution >= 4 is 28.8 Å². The molecule has 0 bridgehead atoms. The van der Waals surface area contributed by atoms with Crippen LogP contribution in [0.5, 0.6) is 5.75 Å². The number of anilines is 2. The van der Waals surface area contributed by atoms with Crippen LogP contribution in [0.25, 0.3) is 5.57 Å². The number of amides is 2. The van der Waals surface area contributed by atoms with Gasteiger partial charge in [0.25, 0.3) is 11.8 Å². The quantitative estimate of drug-likeness (QED) is 0.442. The van der Waals surface area contributed by atoms with E-state index in [1.54, 1.807) is 6.07 Å². The summed E-state index contributed by atoms with van der Waals surface area (Å²) < 4.78 is 5.79. The van der Waals surface area contributed by atoms with Crippen LogP contribution in [0.3, 0.4) is 0 Å². The maximum Gasteiger partial charge on any atom is 0.282 e. The van der Waals surface area contributed by atoms with Gasteiger partial charge >= 0.3 is 0 Å². The largest absolute Gasteiger partial charge is 0.493 e. The van der Waals surface area contributed by atoms with E-state index in [1.165, 1.54) is 4.90 Å². The van der Waals surface area contributed by atoms with Crippen molar-refractivity contribution in [2.75, 3.05) is 16.8 Å². The van der Waals surface area contributed by atoms with E-state index in [-0.39, 0.29) is 17.5 Å². The molecule has 2 amide bonds. The first-order valence-electron chi connectivity index (χ1n) is 11.5. The molecule has 0 atom stereocenters. The fraction of sp³-hybridized carbons (Fsp3) is 0.241. The lowest BCUT2D eigenvalue weighted by molar-refractivity contribution is -0.120. The molecule has 1 aliphatic rings. The van der Waals surface area contributed by atoms with Crippen LogP contribution >= 0.6 is 0 Å². The van der Waals surface area contributed by atoms with Crippen molar-refractivity contribution in [1.82, 2.24) is 0 Å². The number of carbonyl (C=O) groups is 2. The first kappa shape index (κ1) is 23.3. The van der Waals surface area contributed by atoms with Crippen molar-refractivity contribution in [2.45, 2.75) is 34.6 Å². The minimum Gasteiger partial charge on any atom is -0.493 e. The zero-order chi connectivity index (χ0) is 24.4. The summed E-state index contributed by atoms with van der Waals surface area (Å²) in [7, 11) is 0. The molecule has 0 spiro atoms. The Morgan fingerprint density at radius 3 is 2.21 bits per heavy atom. The van der Waals surface area contributed by atoms with Gasteiger partial charge in [-0.1, -0.05) is 61.9 Å². The molecule has 0 saturated heterocycles. The van der Waals surface area contributed by atoms with Gasteiger partial charge in [-0.15, -0.1) is 0 Å². The lowest BCUT2D eigenvalue weighted by atomic mass is 10.0. The lowest BCUT2D eigenvalue weighted by Crippen LogP contribution is -2.33. The van der Waals surface area contributed by atoms with Gasteiger partial charge in [0.05, 0.1) is 17.9 Å². The van der Waals surface area contributed by atoms with Crippen LogP contribution in [-0.2, 0) is 9.59 Å². The molecule has 0 aromatic heterocycles. The van der Waals surface area contributed by atoms with Gasteiger partial charge in [0.15, 0.2) is 0 Å². The minimum absolute atomic E-state index is 0.274. The minimum atomic E-state index is -0.366. The highest BCUT2D eigenvalue weighted by molar-refractivity contribution is 6.46. The number of hydrogen-bond donors (Lipinski definition) is 1. The summed E-state index contributed by atoms with van der Waals surface area (Å²) in [6, 6.07) is 20.7. The van der Waals surface area contributed by atoms with Gasteiger partial charge in [-0.3, -0.25) is 9.59 Å². The summed E-state index contributed by atoms with van der Waals surface area (Å²) in [5.74, 6) is 0.430. The fourth-order valence-electron chi connectivity index (χ4n) is 4.02. The lowest BCUT2D eigenvalue weighted by Gasteiger charge is -2.18. The van der Waals surface area contributed by atoms with Crippen LogP contribution in [0.4, 0.5) is 11.4 Å². The molecule has 3 aromatic carbocycles. The van der Waals surface area contributed by atoms with Crippen molar-refractivity contribution < 1.29 is 14.3 Å². The van der Waals surface area contributed by atoms with E-state index >= 15 is 0 Å². The highest BCUT2D eigenvalue weighted by atomic mass is 16.5. The molecule has 5 heteroatoms. The molecule has 0 fully saturated rings. The van der Waals surface area contributed by atoms with E-state index in [2.05, 4.69) is 19.2 Å². The van der Waals surface area contributed by atoms with Gasteiger partial charge in [-0.25, -0.2) is 4.90 Å². The van der Waals surface area contributed by atoms with Crippen LogP contribution in [0, 0.1) is 26.7 Å². The molecule has 0 saturated carbocycles. The van der Waals surface area contributed by atoms with E-state index in [0.717, 1.165) is 28.1 Å². The standard InChI is InChI=1S/C29H30N2O3/c1-18(2)17-34-23-13-11-22(12-14-23)26-27(30-24-15-10-19(3)16-21(24)5)29(33)31(28(26)32)25-9-7-6-8-20(25)4/h6-16,18,30H,17H2,1-5H3. The third kappa shape index (κ3) is 4.60. The Bertz CT molecular complexity index is 1270. The monoisotopic (exact) mass is 454 g/mol. The number of carbonyl (C=O) groups excluding carboxylic acids is 2. The second-order valence-corrected chi connectivity index (χ2v) is 9.15. The number of imide groups is 1. The predicted molar refractivity (Wildman–Crippen MR) is 137 cm³/mol. The van der Waals surface area contributed by atoms with Crippen LogP contribution in [0.15, 0.2) is 72.4 Å². The van der Waals surface area contributed by atoms with Gasteiger partial charge in [-0.2, -0.15) is 0 Å². The molecule has 0 unspecified atom stereocenters. The molecule has 1 heterocycles. The Hall–Kier alpha value is -3.86. The molecule has 0 aliphatic carbocycles. The summed E-state index contributed by atoms with van der Waals surface area (Å²) >= 11 is 0. The Morgan fingerprint density at radius 1 is 0.853 bits per heavy atom. The molecule has 0 radical (unpaired) electrons. The molecular weight excluding hydrogens is 424 g/mol. The van der Waals surface area contributed by atoms with E-state index < -0.39 is 0 Å². The average Bonchev–Trinajstić information content (AvgIpc) is 3.04. The number of nitrogens with zero attached hydrogens (tertiary/aromatic N) is 1. The van der Waals surface area contributed by atoms with Crippen LogP contribution in [0.1, 0.15) is 36.1 Å². The van der Waals surface area contributed by atoms with E-state index in [4.69, 9.17) is 4.74 Å². The Balaban J connectivity index is 1.77. The van der Waals surface area contributed by atoms with E-state index in [0.29, 0.717) is 29.3 Å². The molecule has 5 nitrogen and oxygen atoms in total. The maximum absolute atomic E-state index is 13.7. The number of para-hydroxylation sites is 1. The number of ether oxygens (including phenoxy) is 1. The normalized spacial score (nSPS) is 13.8. The highest BCUT2D eigenvalue weighted by Crippen LogP contribution is 2.36. The number of nitrogens with one attached hydrogen (secondary N) is 1. The van der Waals surface area contributed by atoms with Crippen LogP contribution in [0.2, 0.25) is 0 Å². The van der Waals surface area contributed by atoms with E-state index in [1.807, 2.05) is 81.4 Å². The third-order valence-electron chi connectivity index (χ3n) is 5.81. The first-order chi connectivity index (χ1) is 16.3. The van der Waals surface area contributed by atoms with Gasteiger partial charge < -0.3 is 10.1 Å². The number of benzene rings is 3. The Kier molecular flexibility index (Phi) is 6.55. The highest BCUT2D eigenvalue weighted by Gasteiger charge is 2.40. The summed E-state index contributed by atoms with van der Waals surface area (Å²) in [5.41, 5.74) is 5.66. The van der Waals surface area contributed by atoms with Crippen molar-refractivity contribution in [2.24, 2.45) is 5.92 Å². The van der Waals surface area contributed by atoms with Crippen LogP contribution in [-0.4, -0.2) is 18.4 Å². The summed E-state index contributed by atoms with van der Waals surface area (Å²) in [6.45, 7) is 10.7. The zero-order valence-electron chi connectivity index (χ0n) is 20.3. The number of aryl methyl sites for hydroxylation is 3. The molecule has 3 aromatic rings. The molecule has 34 heavy (non-hydrogen) atoms. The topological polar surface area (TPSA) is 58.6 Å². The number of rotatable bonds is 7. The second-order valence-electron chi connectivity index (χ2n) is 9.15. The Morgan fingerprint density at radius 2 is 1.56 bits per heavy atom. The van der Waals surface area contributed by atoms with Crippen molar-refractivity contribution in [3.63, 3.8) is 0 Å². The second kappa shape index (κ2) is 9.56. The summed E-state index contributed by atoms with van der Waals surface area (Å²) in [6.07, 6.45) is 0. The Labute approximate surface area is 201 Å². The molecule has 4 rings (SSSR count). The van der Waals surface area contributed by atoms with E-state index in [9.17, 15) is 9.59 Å². The van der Waals surface area contributed by atoms with Gasteiger partial charge in [0.1, 0.15) is 11.4 Å². The van der Waals surface area contributed by atoms with Crippen molar-refractivity contribution in [3.05, 3.63) is 94.7 Å². The van der Waals surface area contributed by atoms with Gasteiger partial charge in [0, 0.05) is 5.69 Å². The van der Waals surface area contributed by atoms with Crippen molar-refractivity contribution in [3.8, 4) is 5.75 Å².